The lowest BCUT2D eigenvalue weighted by molar-refractivity contribution is 0.0689. The van der Waals surface area contributed by atoms with Gasteiger partial charge in [0.2, 0.25) is 0 Å². The molecule has 0 spiro atoms. The lowest BCUT2D eigenvalue weighted by atomic mass is 9.92. The summed E-state index contributed by atoms with van der Waals surface area (Å²) in [6.45, 7) is 10.3. The molecule has 0 aliphatic carbocycles. The van der Waals surface area contributed by atoms with Gasteiger partial charge >= 0.3 is 0 Å². The van der Waals surface area contributed by atoms with Crippen molar-refractivity contribution in [3.05, 3.63) is 35.4 Å². The zero-order valence-electron chi connectivity index (χ0n) is 12.6. The molecule has 0 aromatic heterocycles. The fraction of sp³-hybridized carbons (Fsp3) is 0.562. The van der Waals surface area contributed by atoms with E-state index in [-0.39, 0.29) is 11.3 Å². The predicted molar refractivity (Wildman–Crippen MR) is 80.2 cm³/mol. The second kappa shape index (κ2) is 6.71. The van der Waals surface area contributed by atoms with Crippen LogP contribution in [-0.4, -0.2) is 30.4 Å². The quantitative estimate of drug-likeness (QED) is 0.857. The first-order valence-corrected chi connectivity index (χ1v) is 6.96. The molecule has 0 unspecified atom stereocenters. The smallest absolute Gasteiger partial charge is 0.254 e. The number of carbonyl (C=O) groups excluding carboxylic acids is 1. The number of hydrogen-bond acceptors (Lipinski definition) is 2. The van der Waals surface area contributed by atoms with Gasteiger partial charge in [-0.25, -0.2) is 0 Å². The molecular weight excluding hydrogens is 236 g/mol. The summed E-state index contributed by atoms with van der Waals surface area (Å²) < 4.78 is 0. The maximum absolute atomic E-state index is 12.6. The van der Waals surface area contributed by atoms with Crippen molar-refractivity contribution in [2.45, 2.75) is 34.1 Å². The molecule has 3 nitrogen and oxygen atoms in total. The summed E-state index contributed by atoms with van der Waals surface area (Å²) in [6.07, 6.45) is 0.957. The fourth-order valence-electron chi connectivity index (χ4n) is 2.09. The predicted octanol–water partition coefficient (Wildman–Crippen LogP) is 2.83. The molecule has 1 amide bonds. The van der Waals surface area contributed by atoms with Crippen LogP contribution >= 0.6 is 0 Å². The van der Waals surface area contributed by atoms with Crippen molar-refractivity contribution in [1.82, 2.24) is 4.90 Å². The Hall–Kier alpha value is -1.35. The average molecular weight is 262 g/mol. The highest BCUT2D eigenvalue weighted by atomic mass is 16.2. The van der Waals surface area contributed by atoms with Crippen LogP contribution in [-0.2, 0) is 0 Å². The largest absolute Gasteiger partial charge is 0.338 e. The minimum atomic E-state index is -0.0481. The zero-order chi connectivity index (χ0) is 14.5. The van der Waals surface area contributed by atoms with Gasteiger partial charge in [-0.05, 0) is 36.9 Å². The summed E-state index contributed by atoms with van der Waals surface area (Å²) in [7, 11) is 0. The molecule has 0 atom stereocenters. The van der Waals surface area contributed by atoms with E-state index in [1.54, 1.807) is 0 Å². The van der Waals surface area contributed by atoms with E-state index in [1.165, 1.54) is 0 Å². The number of benzene rings is 1. The highest BCUT2D eigenvalue weighted by Gasteiger charge is 2.24. The zero-order valence-corrected chi connectivity index (χ0v) is 12.6. The summed E-state index contributed by atoms with van der Waals surface area (Å²) in [5.41, 5.74) is 7.56. The molecule has 0 saturated heterocycles. The van der Waals surface area contributed by atoms with Gasteiger partial charge in [-0.15, -0.1) is 0 Å². The van der Waals surface area contributed by atoms with Gasteiger partial charge in [-0.2, -0.15) is 0 Å². The number of aryl methyl sites for hydroxylation is 1. The number of rotatable bonds is 6. The Labute approximate surface area is 116 Å². The molecule has 0 aliphatic rings. The molecule has 0 saturated carbocycles. The Bertz CT molecular complexity index is 427. The molecule has 3 heteroatoms. The second-order valence-corrected chi connectivity index (χ2v) is 5.91. The number of nitrogens with zero attached hydrogens (tertiary/aromatic N) is 1. The third-order valence-electron chi connectivity index (χ3n) is 3.33. The normalized spacial score (nSPS) is 11.4. The van der Waals surface area contributed by atoms with Gasteiger partial charge in [0, 0.05) is 18.7 Å². The molecular formula is C16H26N2O. The average Bonchev–Trinajstić information content (AvgIpc) is 2.38. The molecule has 0 heterocycles. The van der Waals surface area contributed by atoms with Crippen LogP contribution in [0.3, 0.4) is 0 Å². The van der Waals surface area contributed by atoms with Crippen molar-refractivity contribution in [3.8, 4) is 0 Å². The van der Waals surface area contributed by atoms with Crippen LogP contribution < -0.4 is 5.73 Å². The van der Waals surface area contributed by atoms with Gasteiger partial charge in [-0.1, -0.05) is 39.0 Å². The molecule has 0 bridgehead atoms. The molecule has 1 aromatic carbocycles. The van der Waals surface area contributed by atoms with Gasteiger partial charge in [0.25, 0.3) is 5.91 Å². The Kier molecular flexibility index (Phi) is 5.55. The summed E-state index contributed by atoms with van der Waals surface area (Å²) >= 11 is 0. The Balaban J connectivity index is 2.93. The van der Waals surface area contributed by atoms with Gasteiger partial charge in [0.05, 0.1) is 0 Å². The molecule has 19 heavy (non-hydrogen) atoms. The van der Waals surface area contributed by atoms with Crippen molar-refractivity contribution >= 4 is 5.91 Å². The second-order valence-electron chi connectivity index (χ2n) is 5.91. The van der Waals surface area contributed by atoms with E-state index in [0.29, 0.717) is 13.1 Å². The third kappa shape index (κ3) is 4.35. The summed E-state index contributed by atoms with van der Waals surface area (Å²) in [4.78, 5) is 14.6. The summed E-state index contributed by atoms with van der Waals surface area (Å²) in [6, 6.07) is 7.75. The molecule has 0 radical (unpaired) electrons. The first-order valence-electron chi connectivity index (χ1n) is 6.96. The van der Waals surface area contributed by atoms with Crippen LogP contribution in [0.15, 0.2) is 24.3 Å². The van der Waals surface area contributed by atoms with Gasteiger partial charge in [0.1, 0.15) is 0 Å². The van der Waals surface area contributed by atoms with Crippen molar-refractivity contribution in [3.63, 3.8) is 0 Å². The van der Waals surface area contributed by atoms with Crippen LogP contribution in [0, 0.1) is 12.3 Å². The fourth-order valence-corrected chi connectivity index (χ4v) is 2.09. The van der Waals surface area contributed by atoms with E-state index >= 15 is 0 Å². The van der Waals surface area contributed by atoms with E-state index < -0.39 is 0 Å². The first kappa shape index (κ1) is 15.7. The van der Waals surface area contributed by atoms with Crippen LogP contribution in [0.25, 0.3) is 0 Å². The van der Waals surface area contributed by atoms with E-state index in [2.05, 4.69) is 20.8 Å². The Morgan fingerprint density at radius 2 is 1.95 bits per heavy atom. The monoisotopic (exact) mass is 262 g/mol. The maximum Gasteiger partial charge on any atom is 0.254 e. The van der Waals surface area contributed by atoms with E-state index in [9.17, 15) is 4.79 Å². The highest BCUT2D eigenvalue weighted by Crippen LogP contribution is 2.18. The minimum Gasteiger partial charge on any atom is -0.338 e. The van der Waals surface area contributed by atoms with E-state index in [4.69, 9.17) is 5.73 Å². The number of hydrogen-bond donors (Lipinski definition) is 1. The first-order chi connectivity index (χ1) is 8.91. The molecule has 106 valence electrons. The number of amides is 1. The Morgan fingerprint density at radius 3 is 2.47 bits per heavy atom. The lowest BCUT2D eigenvalue weighted by Crippen LogP contribution is -2.42. The van der Waals surface area contributed by atoms with E-state index in [0.717, 1.165) is 24.1 Å². The van der Waals surface area contributed by atoms with Gasteiger partial charge in [0.15, 0.2) is 0 Å². The highest BCUT2D eigenvalue weighted by molar-refractivity contribution is 5.95. The number of carbonyl (C=O) groups is 1. The van der Waals surface area contributed by atoms with Crippen LogP contribution in [0.5, 0.6) is 0 Å². The lowest BCUT2D eigenvalue weighted by Gasteiger charge is -2.32. The van der Waals surface area contributed by atoms with Crippen molar-refractivity contribution in [2.24, 2.45) is 11.1 Å². The molecule has 1 rings (SSSR count). The van der Waals surface area contributed by atoms with Gasteiger partial charge < -0.3 is 10.6 Å². The third-order valence-corrected chi connectivity index (χ3v) is 3.33. The summed E-state index contributed by atoms with van der Waals surface area (Å²) in [5.74, 6) is 0.112. The molecule has 0 fully saturated rings. The van der Waals surface area contributed by atoms with Crippen molar-refractivity contribution in [2.75, 3.05) is 19.6 Å². The van der Waals surface area contributed by atoms with E-state index in [1.807, 2.05) is 36.1 Å². The topological polar surface area (TPSA) is 46.3 Å². The summed E-state index contributed by atoms with van der Waals surface area (Å²) in [5, 5.41) is 0. The molecule has 1 aromatic rings. The minimum absolute atomic E-state index is 0.0481. The van der Waals surface area contributed by atoms with Crippen molar-refractivity contribution < 1.29 is 4.79 Å². The Morgan fingerprint density at radius 1 is 1.32 bits per heavy atom. The molecule has 2 N–H and O–H groups in total. The SMILES string of the molecule is CCCN(CC(C)(C)CN)C(=O)c1ccccc1C. The van der Waals surface area contributed by atoms with Gasteiger partial charge in [-0.3, -0.25) is 4.79 Å². The van der Waals surface area contributed by atoms with Crippen LogP contribution in [0.4, 0.5) is 0 Å². The van der Waals surface area contributed by atoms with Crippen molar-refractivity contribution in [1.29, 1.82) is 0 Å². The van der Waals surface area contributed by atoms with Crippen LogP contribution in [0.2, 0.25) is 0 Å². The standard InChI is InChI=1S/C16H26N2O/c1-5-10-18(12-16(3,4)11-17)15(19)14-9-7-6-8-13(14)2/h6-9H,5,10-12,17H2,1-4H3. The number of nitrogens with two attached hydrogens (primary N) is 1. The maximum atomic E-state index is 12.6. The molecule has 0 aliphatic heterocycles. The van der Waals surface area contributed by atoms with Crippen LogP contribution in [0.1, 0.15) is 43.1 Å².